The van der Waals surface area contributed by atoms with Crippen LogP contribution in [0.15, 0.2) is 41.8 Å². The molecule has 0 saturated heterocycles. The first kappa shape index (κ1) is 23.8. The van der Waals surface area contributed by atoms with Crippen molar-refractivity contribution in [2.45, 2.75) is 13.3 Å². The maximum absolute atomic E-state index is 13.4. The largest absolute Gasteiger partial charge is 0.369 e. The number of carbonyl (C=O) groups excluding carboxylic acids is 1. The zero-order valence-corrected chi connectivity index (χ0v) is 17.7. The normalized spacial score (nSPS) is 11.1. The fourth-order valence-corrected chi connectivity index (χ4v) is 2.60. The van der Waals surface area contributed by atoms with Crippen LogP contribution in [-0.4, -0.2) is 49.1 Å². The van der Waals surface area contributed by atoms with Crippen molar-refractivity contribution in [3.05, 3.63) is 48.0 Å². The average molecular weight is 431 g/mol. The number of halogens is 1. The maximum Gasteiger partial charge on any atom is 0.234 e. The Labute approximate surface area is 180 Å². The van der Waals surface area contributed by atoms with Gasteiger partial charge in [-0.1, -0.05) is 13.0 Å². The van der Waals surface area contributed by atoms with Crippen LogP contribution in [-0.2, 0) is 4.79 Å². The molecule has 0 radical (unpaired) electrons. The van der Waals surface area contributed by atoms with Gasteiger partial charge in [-0.2, -0.15) is 10.1 Å². The molecule has 0 bridgehead atoms. The molecule has 0 fully saturated rings. The first-order chi connectivity index (χ1) is 15.1. The summed E-state index contributed by atoms with van der Waals surface area (Å²) < 4.78 is 13.4. The summed E-state index contributed by atoms with van der Waals surface area (Å²) in [7, 11) is 1.71. The Morgan fingerprint density at radius 1 is 1.35 bits per heavy atom. The van der Waals surface area contributed by atoms with Gasteiger partial charge in [-0.05, 0) is 31.7 Å². The summed E-state index contributed by atoms with van der Waals surface area (Å²) in [5, 5.41) is 17.2. The number of hydrogen-bond donors (Lipinski definition) is 6. The molecule has 1 aromatic carbocycles. The molecular weight excluding hydrogens is 401 g/mol. The van der Waals surface area contributed by atoms with E-state index in [4.69, 9.17) is 5.53 Å². The van der Waals surface area contributed by atoms with Crippen molar-refractivity contribution < 1.29 is 14.5 Å². The molecule has 0 aliphatic carbocycles. The Kier molecular flexibility index (Phi) is 9.98. The van der Waals surface area contributed by atoms with Gasteiger partial charge in [0.25, 0.3) is 0 Å². The third-order valence-electron chi connectivity index (χ3n) is 4.05. The van der Waals surface area contributed by atoms with Crippen LogP contribution in [0.3, 0.4) is 0 Å². The number of rotatable bonds is 13. The van der Waals surface area contributed by atoms with Gasteiger partial charge < -0.3 is 26.6 Å². The monoisotopic (exact) mass is 430 g/mol. The number of benzene rings is 1. The van der Waals surface area contributed by atoms with Crippen LogP contribution in [0.4, 0.5) is 21.8 Å². The lowest BCUT2D eigenvalue weighted by Gasteiger charge is -2.12. The summed E-state index contributed by atoms with van der Waals surface area (Å²) in [6.45, 7) is 4.04. The van der Waals surface area contributed by atoms with Crippen LogP contribution < -0.4 is 26.6 Å². The summed E-state index contributed by atoms with van der Waals surface area (Å²) >= 11 is 0. The number of hydrogen-bond acceptors (Lipinski definition) is 8. The number of anilines is 3. The molecule has 2 aromatic rings. The van der Waals surface area contributed by atoms with Crippen LogP contribution in [0.2, 0.25) is 0 Å². The summed E-state index contributed by atoms with van der Waals surface area (Å²) in [4.78, 5) is 20.2. The highest BCUT2D eigenvalue weighted by atomic mass is 19.1. The number of amides is 1. The minimum atomic E-state index is -0.359. The second-order valence-electron chi connectivity index (χ2n) is 6.59. The number of quaternary nitrogens is 1. The van der Waals surface area contributed by atoms with E-state index in [-0.39, 0.29) is 18.3 Å². The Hall–Kier alpha value is -3.44. The highest BCUT2D eigenvalue weighted by molar-refractivity contribution is 5.77. The fourth-order valence-electron chi connectivity index (χ4n) is 2.60. The van der Waals surface area contributed by atoms with Crippen LogP contribution in [0.1, 0.15) is 18.9 Å². The van der Waals surface area contributed by atoms with E-state index in [9.17, 15) is 9.18 Å². The van der Waals surface area contributed by atoms with E-state index in [1.54, 1.807) is 31.6 Å². The van der Waals surface area contributed by atoms with Crippen molar-refractivity contribution in [2.24, 2.45) is 5.11 Å². The number of likely N-dealkylation sites (N-methyl/N-ethyl adjacent to an activating group) is 1. The first-order valence-corrected chi connectivity index (χ1v) is 10.0. The molecule has 0 aliphatic heterocycles. The summed E-state index contributed by atoms with van der Waals surface area (Å²) in [6.07, 6.45) is 4.15. The number of nitrogens with zero attached hydrogens (tertiary/aromatic N) is 3. The Morgan fingerprint density at radius 3 is 2.90 bits per heavy atom. The van der Waals surface area contributed by atoms with Crippen molar-refractivity contribution in [3.8, 4) is 0 Å². The second kappa shape index (κ2) is 13.0. The van der Waals surface area contributed by atoms with Crippen LogP contribution in [0.5, 0.6) is 0 Å². The third-order valence-corrected chi connectivity index (χ3v) is 4.05. The van der Waals surface area contributed by atoms with Crippen LogP contribution in [0.25, 0.3) is 5.70 Å². The lowest BCUT2D eigenvalue weighted by atomic mass is 10.2. The molecule has 1 heterocycles. The van der Waals surface area contributed by atoms with Crippen molar-refractivity contribution in [3.63, 3.8) is 0 Å². The molecule has 2 rings (SSSR count). The molecule has 0 unspecified atom stereocenters. The SMILES string of the molecule is CCCNc1nc(Nc2cccc(F)c2)ncc1C(=C[NH2+]CCNC(=O)CNC)N=N. The predicted octanol–water partition coefficient (Wildman–Crippen LogP) is 1.41. The number of carbonyl (C=O) groups is 1. The molecule has 31 heavy (non-hydrogen) atoms. The summed E-state index contributed by atoms with van der Waals surface area (Å²) in [5.41, 5.74) is 9.04. The molecule has 11 heteroatoms. The number of aromatic nitrogens is 2. The first-order valence-electron chi connectivity index (χ1n) is 10.0. The van der Waals surface area contributed by atoms with Gasteiger partial charge in [-0.15, -0.1) is 0 Å². The third kappa shape index (κ3) is 8.07. The molecule has 0 atom stereocenters. The molecule has 0 spiro atoms. The molecular formula is C20H29FN9O+. The maximum atomic E-state index is 13.4. The van der Waals surface area contributed by atoms with Crippen LogP contribution in [0, 0.1) is 11.3 Å². The molecule has 1 amide bonds. The van der Waals surface area contributed by atoms with E-state index in [1.165, 1.54) is 12.1 Å². The number of nitrogens with one attached hydrogen (secondary N) is 5. The highest BCUT2D eigenvalue weighted by Gasteiger charge is 2.13. The van der Waals surface area contributed by atoms with Gasteiger partial charge in [0.15, 0.2) is 5.70 Å². The molecule has 10 nitrogen and oxygen atoms in total. The van der Waals surface area contributed by atoms with Gasteiger partial charge in [-0.3, -0.25) is 4.79 Å². The minimum Gasteiger partial charge on any atom is -0.369 e. The zero-order valence-electron chi connectivity index (χ0n) is 17.7. The topological polar surface area (TPSA) is 144 Å². The lowest BCUT2D eigenvalue weighted by molar-refractivity contribution is -0.584. The van der Waals surface area contributed by atoms with Gasteiger partial charge in [0.1, 0.15) is 17.8 Å². The highest BCUT2D eigenvalue weighted by Crippen LogP contribution is 2.24. The van der Waals surface area contributed by atoms with Crippen molar-refractivity contribution >= 4 is 29.1 Å². The smallest absolute Gasteiger partial charge is 0.234 e. The molecule has 1 aromatic heterocycles. The summed E-state index contributed by atoms with van der Waals surface area (Å²) in [5.74, 6) is 0.384. The van der Waals surface area contributed by atoms with Gasteiger partial charge >= 0.3 is 0 Å². The Bertz CT molecular complexity index is 904. The van der Waals surface area contributed by atoms with Crippen molar-refractivity contribution in [2.75, 3.05) is 43.9 Å². The van der Waals surface area contributed by atoms with Crippen molar-refractivity contribution in [1.82, 2.24) is 20.6 Å². The lowest BCUT2D eigenvalue weighted by Crippen LogP contribution is -2.80. The Morgan fingerprint density at radius 2 is 2.19 bits per heavy atom. The summed E-state index contributed by atoms with van der Waals surface area (Å²) in [6, 6.07) is 6.03. The van der Waals surface area contributed by atoms with E-state index >= 15 is 0 Å². The second-order valence-corrected chi connectivity index (χ2v) is 6.59. The van der Waals surface area contributed by atoms with Gasteiger partial charge in [0.2, 0.25) is 11.9 Å². The van der Waals surface area contributed by atoms with Gasteiger partial charge in [0.05, 0.1) is 25.2 Å². The Balaban J connectivity index is 2.12. The van der Waals surface area contributed by atoms with E-state index < -0.39 is 0 Å². The van der Waals surface area contributed by atoms with Crippen molar-refractivity contribution in [1.29, 1.82) is 5.53 Å². The van der Waals surface area contributed by atoms with E-state index in [0.717, 1.165) is 6.42 Å². The van der Waals surface area contributed by atoms with Gasteiger partial charge in [0, 0.05) is 18.4 Å². The minimum absolute atomic E-state index is 0.0777. The molecule has 0 aliphatic rings. The molecule has 166 valence electrons. The molecule has 7 N–H and O–H groups in total. The zero-order chi connectivity index (χ0) is 22.5. The fraction of sp³-hybridized carbons (Fsp3) is 0.350. The number of nitrogens with two attached hydrogens (primary N) is 1. The van der Waals surface area contributed by atoms with Gasteiger partial charge in [-0.25, -0.2) is 14.9 Å². The van der Waals surface area contributed by atoms with E-state index in [1.807, 2.05) is 12.2 Å². The average Bonchev–Trinajstić information content (AvgIpc) is 2.75. The quantitative estimate of drug-likeness (QED) is 0.209. The molecule has 0 saturated carbocycles. The predicted molar refractivity (Wildman–Crippen MR) is 117 cm³/mol. The standard InChI is InChI=1S/C20H28FN9O/c1-3-7-26-19-16(17(30-22)12-24-8-9-25-18(31)13-23-2)11-27-20(29-19)28-15-6-4-5-14(21)10-15/h4-6,10-12,22-24H,3,7-9,13H2,1-2H3,(H,25,31)(H2,26,27,28,29)/p+1. The van der Waals surface area contributed by atoms with E-state index in [2.05, 4.69) is 36.3 Å². The van der Waals surface area contributed by atoms with Crippen LogP contribution >= 0.6 is 0 Å². The van der Waals surface area contributed by atoms with E-state index in [0.29, 0.717) is 48.3 Å².